The molecule has 5 nitrogen and oxygen atoms in total. The Bertz CT molecular complexity index is 529. The van der Waals surface area contributed by atoms with Crippen LogP contribution in [0.2, 0.25) is 0 Å². The molecule has 0 amide bonds. The molecule has 0 atom stereocenters. The minimum atomic E-state index is -1.39. The van der Waals surface area contributed by atoms with Crippen LogP contribution in [0.4, 0.5) is 0 Å². The van der Waals surface area contributed by atoms with E-state index in [1.807, 2.05) is 6.07 Å². The zero-order valence-corrected chi connectivity index (χ0v) is 16.7. The van der Waals surface area contributed by atoms with Gasteiger partial charge in [0, 0.05) is 26.9 Å². The molecular weight excluding hydrogens is 332 g/mol. The fraction of sp³-hybridized carbons (Fsp3) is 0.667. The van der Waals surface area contributed by atoms with Crippen LogP contribution in [0.3, 0.4) is 0 Å². The number of carbonyl (C=O) groups is 1. The normalized spacial score (nSPS) is 11.7. The highest BCUT2D eigenvalue weighted by atomic mass is 16.9. The number of hydrogen-bond acceptors (Lipinski definition) is 4. The van der Waals surface area contributed by atoms with E-state index in [1.165, 1.54) is 59.9 Å². The van der Waals surface area contributed by atoms with Crippen molar-refractivity contribution in [2.24, 2.45) is 0 Å². The van der Waals surface area contributed by atoms with Gasteiger partial charge >= 0.3 is 11.9 Å². The Morgan fingerprint density at radius 1 is 0.923 bits per heavy atom. The van der Waals surface area contributed by atoms with Crippen LogP contribution >= 0.6 is 0 Å². The molecule has 0 saturated carbocycles. The van der Waals surface area contributed by atoms with Crippen molar-refractivity contribution >= 4 is 5.97 Å². The highest BCUT2D eigenvalue weighted by Crippen LogP contribution is 2.32. The Kier molecular flexibility index (Phi) is 10.5. The third kappa shape index (κ3) is 6.08. The van der Waals surface area contributed by atoms with Crippen molar-refractivity contribution in [3.63, 3.8) is 0 Å². The number of carboxylic acids is 1. The molecule has 5 heteroatoms. The van der Waals surface area contributed by atoms with E-state index in [2.05, 4.69) is 6.92 Å². The minimum absolute atomic E-state index is 0.279. The molecule has 1 N–H and O–H groups in total. The van der Waals surface area contributed by atoms with Gasteiger partial charge in [0.25, 0.3) is 0 Å². The van der Waals surface area contributed by atoms with E-state index >= 15 is 0 Å². The first-order chi connectivity index (χ1) is 12.6. The molecule has 0 radical (unpaired) electrons. The van der Waals surface area contributed by atoms with Crippen molar-refractivity contribution in [1.82, 2.24) is 0 Å². The summed E-state index contributed by atoms with van der Waals surface area (Å²) >= 11 is 0. The van der Waals surface area contributed by atoms with Crippen molar-refractivity contribution in [1.29, 1.82) is 0 Å². The summed E-state index contributed by atoms with van der Waals surface area (Å²) in [5.74, 6) is -2.33. The van der Waals surface area contributed by atoms with Crippen LogP contribution in [0.1, 0.15) is 79.8 Å². The minimum Gasteiger partial charge on any atom is -0.478 e. The summed E-state index contributed by atoms with van der Waals surface area (Å²) in [6, 6.07) is 5.13. The van der Waals surface area contributed by atoms with Gasteiger partial charge in [-0.15, -0.1) is 0 Å². The highest BCUT2D eigenvalue weighted by Gasteiger charge is 2.36. The molecule has 0 saturated heterocycles. The van der Waals surface area contributed by atoms with E-state index in [0.29, 0.717) is 12.0 Å². The van der Waals surface area contributed by atoms with Gasteiger partial charge < -0.3 is 19.3 Å². The predicted octanol–water partition coefficient (Wildman–Crippen LogP) is 5.12. The average Bonchev–Trinajstić information content (AvgIpc) is 2.66. The largest absolute Gasteiger partial charge is 0.478 e. The first-order valence-corrected chi connectivity index (χ1v) is 9.57. The van der Waals surface area contributed by atoms with Gasteiger partial charge in [-0.1, -0.05) is 64.0 Å². The molecule has 1 aromatic rings. The summed E-state index contributed by atoms with van der Waals surface area (Å²) in [7, 11) is 4.46. The number of methoxy groups -OCH3 is 3. The molecule has 0 aliphatic rings. The fourth-order valence-electron chi connectivity index (χ4n) is 3.36. The van der Waals surface area contributed by atoms with Gasteiger partial charge in [0.15, 0.2) is 0 Å². The molecule has 148 valence electrons. The number of carboxylic acid groups (broad SMARTS) is 1. The van der Waals surface area contributed by atoms with Crippen molar-refractivity contribution in [2.45, 2.75) is 70.7 Å². The van der Waals surface area contributed by atoms with E-state index in [1.54, 1.807) is 12.1 Å². The van der Waals surface area contributed by atoms with Crippen LogP contribution in [-0.4, -0.2) is 32.4 Å². The average molecular weight is 366 g/mol. The smallest absolute Gasteiger partial charge is 0.335 e. The summed E-state index contributed by atoms with van der Waals surface area (Å²) in [5, 5.41) is 9.57. The Balaban J connectivity index is 2.83. The maximum atomic E-state index is 11.7. The van der Waals surface area contributed by atoms with Crippen LogP contribution < -0.4 is 0 Å². The van der Waals surface area contributed by atoms with Crippen molar-refractivity contribution in [3.05, 3.63) is 34.9 Å². The number of hydrogen-bond donors (Lipinski definition) is 1. The lowest BCUT2D eigenvalue weighted by molar-refractivity contribution is -0.364. The van der Waals surface area contributed by atoms with Gasteiger partial charge in [0.05, 0.1) is 5.56 Å². The lowest BCUT2D eigenvalue weighted by atomic mass is 9.94. The number of benzene rings is 1. The second-order valence-electron chi connectivity index (χ2n) is 6.53. The Hall–Kier alpha value is -1.43. The zero-order valence-electron chi connectivity index (χ0n) is 16.7. The van der Waals surface area contributed by atoms with Gasteiger partial charge in [-0.05, 0) is 24.5 Å². The van der Waals surface area contributed by atoms with Crippen LogP contribution in [0.25, 0.3) is 0 Å². The van der Waals surface area contributed by atoms with Crippen molar-refractivity contribution < 1.29 is 24.1 Å². The number of ether oxygens (including phenoxy) is 3. The maximum Gasteiger partial charge on any atom is 0.335 e. The van der Waals surface area contributed by atoms with Crippen LogP contribution in [0.15, 0.2) is 18.2 Å². The second-order valence-corrected chi connectivity index (χ2v) is 6.53. The van der Waals surface area contributed by atoms with Crippen molar-refractivity contribution in [2.75, 3.05) is 21.3 Å². The molecule has 1 aromatic carbocycles. The SMILES string of the molecule is CCCCCCCCCCc1c(C(=O)O)cccc1C(OC)(OC)OC. The number of unbranched alkanes of at least 4 members (excludes halogenated alkanes) is 7. The predicted molar refractivity (Wildman–Crippen MR) is 102 cm³/mol. The number of aromatic carboxylic acids is 1. The molecule has 0 aliphatic carbocycles. The Labute approximate surface area is 157 Å². The molecular formula is C21H34O5. The third-order valence-electron chi connectivity index (χ3n) is 4.82. The molecule has 0 heterocycles. The first kappa shape index (κ1) is 22.6. The molecule has 0 bridgehead atoms. The Morgan fingerprint density at radius 3 is 1.96 bits per heavy atom. The molecule has 0 aromatic heterocycles. The highest BCUT2D eigenvalue weighted by molar-refractivity contribution is 5.89. The molecule has 0 fully saturated rings. The summed E-state index contributed by atoms with van der Waals surface area (Å²) in [4.78, 5) is 11.7. The summed E-state index contributed by atoms with van der Waals surface area (Å²) in [6.45, 7) is 2.22. The van der Waals surface area contributed by atoms with E-state index in [9.17, 15) is 9.90 Å². The van der Waals surface area contributed by atoms with Crippen LogP contribution in [-0.2, 0) is 26.6 Å². The van der Waals surface area contributed by atoms with Crippen molar-refractivity contribution in [3.8, 4) is 0 Å². The molecule has 1 rings (SSSR count). The van der Waals surface area contributed by atoms with E-state index in [4.69, 9.17) is 14.2 Å². The van der Waals surface area contributed by atoms with E-state index in [0.717, 1.165) is 18.4 Å². The quantitative estimate of drug-likeness (QED) is 0.366. The molecule has 0 spiro atoms. The maximum absolute atomic E-state index is 11.7. The second kappa shape index (κ2) is 12.0. The molecule has 0 unspecified atom stereocenters. The zero-order chi connectivity index (χ0) is 19.4. The van der Waals surface area contributed by atoms with Crippen LogP contribution in [0.5, 0.6) is 0 Å². The van der Waals surface area contributed by atoms with E-state index < -0.39 is 11.9 Å². The van der Waals surface area contributed by atoms with Gasteiger partial charge in [-0.25, -0.2) is 4.79 Å². The monoisotopic (exact) mass is 366 g/mol. The van der Waals surface area contributed by atoms with Crippen LogP contribution in [0, 0.1) is 0 Å². The molecule has 0 aliphatic heterocycles. The first-order valence-electron chi connectivity index (χ1n) is 9.57. The fourth-order valence-corrected chi connectivity index (χ4v) is 3.36. The van der Waals surface area contributed by atoms with Gasteiger partial charge in [-0.3, -0.25) is 0 Å². The van der Waals surface area contributed by atoms with E-state index in [-0.39, 0.29) is 5.56 Å². The van der Waals surface area contributed by atoms with Gasteiger partial charge in [0.2, 0.25) is 0 Å². The van der Waals surface area contributed by atoms with Gasteiger partial charge in [-0.2, -0.15) is 0 Å². The summed E-state index contributed by atoms with van der Waals surface area (Å²) in [5.41, 5.74) is 1.62. The molecule has 26 heavy (non-hydrogen) atoms. The summed E-state index contributed by atoms with van der Waals surface area (Å²) < 4.78 is 16.3. The standard InChI is InChI=1S/C21H34O5/c1-5-6-7-8-9-10-11-12-14-17-18(20(22)23)15-13-16-19(17)21(24-2,25-3)26-4/h13,15-16H,5-12,14H2,1-4H3,(H,22,23). The third-order valence-corrected chi connectivity index (χ3v) is 4.82. The lowest BCUT2D eigenvalue weighted by Crippen LogP contribution is -2.34. The van der Waals surface area contributed by atoms with Gasteiger partial charge in [0.1, 0.15) is 0 Å². The Morgan fingerprint density at radius 2 is 1.46 bits per heavy atom. The lowest BCUT2D eigenvalue weighted by Gasteiger charge is -2.31. The summed E-state index contributed by atoms with van der Waals surface area (Å²) in [6.07, 6.45) is 10.2. The number of rotatable bonds is 14. The topological polar surface area (TPSA) is 65.0 Å².